The Hall–Kier alpha value is -3.40. The number of pyridine rings is 1. The monoisotopic (exact) mass is 431 g/mol. The molecule has 1 saturated carbocycles. The molecule has 2 aromatic heterocycles. The Morgan fingerprint density at radius 3 is 2.69 bits per heavy atom. The van der Waals surface area contributed by atoms with Crippen molar-refractivity contribution < 1.29 is 4.79 Å². The third kappa shape index (κ3) is 4.31. The number of hydrogen-bond acceptors (Lipinski definition) is 4. The minimum atomic E-state index is -0.373. The minimum absolute atomic E-state index is 0.0122. The van der Waals surface area contributed by atoms with E-state index in [1.54, 1.807) is 6.92 Å². The minimum Gasteiger partial charge on any atom is -0.351 e. The molecule has 4 rings (SSSR count). The molecule has 0 aliphatic heterocycles. The predicted octanol–water partition coefficient (Wildman–Crippen LogP) is 3.36. The number of nitrogens with zero attached hydrogens (tertiary/aromatic N) is 3. The van der Waals surface area contributed by atoms with Gasteiger partial charge in [-0.3, -0.25) is 9.59 Å². The quantitative estimate of drug-likeness (QED) is 0.599. The zero-order valence-electron chi connectivity index (χ0n) is 19.1. The lowest BCUT2D eigenvalue weighted by Crippen LogP contribution is -2.39. The summed E-state index contributed by atoms with van der Waals surface area (Å²) in [6.07, 6.45) is 4.91. The van der Waals surface area contributed by atoms with Crippen LogP contribution in [0.1, 0.15) is 52.8 Å². The second kappa shape index (κ2) is 8.62. The fourth-order valence-corrected chi connectivity index (χ4v) is 4.42. The molecule has 1 aliphatic carbocycles. The second-order valence-electron chi connectivity index (χ2n) is 9.00. The van der Waals surface area contributed by atoms with Crippen molar-refractivity contribution in [3.05, 3.63) is 62.3 Å². The molecule has 0 spiro atoms. The van der Waals surface area contributed by atoms with Gasteiger partial charge in [0, 0.05) is 24.7 Å². The van der Waals surface area contributed by atoms with E-state index in [9.17, 15) is 14.9 Å². The Kier molecular flexibility index (Phi) is 5.88. The molecule has 1 amide bonds. The van der Waals surface area contributed by atoms with Crippen LogP contribution in [-0.2, 0) is 17.8 Å². The highest BCUT2D eigenvalue weighted by atomic mass is 16.1. The molecule has 2 heterocycles. The largest absolute Gasteiger partial charge is 0.351 e. The number of carbonyl (C=O) groups excluding carboxylic acids is 1. The normalized spacial score (nSPS) is 14.3. The van der Waals surface area contributed by atoms with Gasteiger partial charge in [-0.2, -0.15) is 5.26 Å². The van der Waals surface area contributed by atoms with E-state index in [0.717, 1.165) is 29.4 Å². The molecule has 0 saturated heterocycles. The van der Waals surface area contributed by atoms with Crippen molar-refractivity contribution in [2.45, 2.75) is 66.0 Å². The van der Waals surface area contributed by atoms with Crippen molar-refractivity contribution in [3.8, 4) is 6.07 Å². The lowest BCUT2D eigenvalue weighted by atomic mass is 9.99. The molecular formula is C25H29N5O2. The van der Waals surface area contributed by atoms with Crippen LogP contribution in [0.15, 0.2) is 23.3 Å². The third-order valence-electron chi connectivity index (χ3n) is 6.69. The molecule has 0 unspecified atom stereocenters. The molecule has 0 radical (unpaired) electrons. The zero-order valence-corrected chi connectivity index (χ0v) is 19.1. The van der Waals surface area contributed by atoms with Crippen LogP contribution >= 0.6 is 0 Å². The molecule has 32 heavy (non-hydrogen) atoms. The Morgan fingerprint density at radius 2 is 2.00 bits per heavy atom. The number of nitriles is 1. The maximum Gasteiger partial charge on any atom is 0.266 e. The summed E-state index contributed by atoms with van der Waals surface area (Å²) >= 11 is 0. The van der Waals surface area contributed by atoms with Crippen LogP contribution in [0, 0.1) is 44.9 Å². The van der Waals surface area contributed by atoms with Crippen LogP contribution < -0.4 is 10.9 Å². The first kappa shape index (κ1) is 21.8. The first-order chi connectivity index (χ1) is 15.3. The topological polar surface area (TPSA) is 104 Å². The number of hydrogen-bond donors (Lipinski definition) is 2. The van der Waals surface area contributed by atoms with E-state index in [2.05, 4.69) is 45.8 Å². The van der Waals surface area contributed by atoms with Crippen LogP contribution in [0.4, 0.5) is 0 Å². The average molecular weight is 432 g/mol. The molecule has 1 fully saturated rings. The number of aromatic nitrogens is 3. The van der Waals surface area contributed by atoms with Gasteiger partial charge in [-0.25, -0.2) is 4.98 Å². The number of amides is 1. The first-order valence-electron chi connectivity index (χ1n) is 11.1. The van der Waals surface area contributed by atoms with E-state index in [1.165, 1.54) is 11.1 Å². The van der Waals surface area contributed by atoms with E-state index >= 15 is 0 Å². The number of H-pyrrole nitrogens is 1. The van der Waals surface area contributed by atoms with Gasteiger partial charge in [0.25, 0.3) is 5.56 Å². The Balaban J connectivity index is 1.46. The van der Waals surface area contributed by atoms with Crippen molar-refractivity contribution >= 4 is 16.9 Å². The van der Waals surface area contributed by atoms with Crippen molar-refractivity contribution in [1.82, 2.24) is 19.9 Å². The van der Waals surface area contributed by atoms with E-state index in [4.69, 9.17) is 0 Å². The summed E-state index contributed by atoms with van der Waals surface area (Å²) in [5.41, 5.74) is 6.52. The molecule has 2 N–H and O–H groups in total. The fourth-order valence-electron chi connectivity index (χ4n) is 4.42. The van der Waals surface area contributed by atoms with Crippen LogP contribution in [-0.4, -0.2) is 26.5 Å². The SMILES string of the molecule is Cc1cc2ncn(C[C@H](NC(=O)CCc3c(C)[nH]c(=O)c(C#N)c3C)C3CC3)c2cc1C. The van der Waals surface area contributed by atoms with Crippen molar-refractivity contribution in [2.24, 2.45) is 5.92 Å². The molecule has 3 aromatic rings. The van der Waals surface area contributed by atoms with Gasteiger partial charge in [0.05, 0.1) is 17.4 Å². The van der Waals surface area contributed by atoms with Gasteiger partial charge >= 0.3 is 0 Å². The van der Waals surface area contributed by atoms with E-state index in [0.29, 0.717) is 36.6 Å². The number of nitrogens with one attached hydrogen (secondary N) is 2. The van der Waals surface area contributed by atoms with Gasteiger partial charge in [-0.1, -0.05) is 0 Å². The lowest BCUT2D eigenvalue weighted by molar-refractivity contribution is -0.122. The van der Waals surface area contributed by atoms with Crippen LogP contribution in [0.2, 0.25) is 0 Å². The van der Waals surface area contributed by atoms with Gasteiger partial charge in [-0.05, 0) is 87.3 Å². The van der Waals surface area contributed by atoms with Crippen LogP contribution in [0.5, 0.6) is 0 Å². The maximum absolute atomic E-state index is 12.8. The number of rotatable bonds is 7. The van der Waals surface area contributed by atoms with Gasteiger partial charge in [-0.15, -0.1) is 0 Å². The molecule has 7 heteroatoms. The second-order valence-corrected chi connectivity index (χ2v) is 9.00. The lowest BCUT2D eigenvalue weighted by Gasteiger charge is -2.20. The summed E-state index contributed by atoms with van der Waals surface area (Å²) in [5, 5.41) is 12.5. The highest BCUT2D eigenvalue weighted by Gasteiger charge is 2.32. The van der Waals surface area contributed by atoms with Crippen molar-refractivity contribution in [1.29, 1.82) is 5.26 Å². The molecule has 0 bridgehead atoms. The number of fused-ring (bicyclic) bond motifs is 1. The van der Waals surface area contributed by atoms with Gasteiger partial charge in [0.2, 0.25) is 5.91 Å². The fraction of sp³-hybridized carbons (Fsp3) is 0.440. The summed E-state index contributed by atoms with van der Waals surface area (Å²) in [7, 11) is 0. The molecular weight excluding hydrogens is 402 g/mol. The highest BCUT2D eigenvalue weighted by Crippen LogP contribution is 2.34. The van der Waals surface area contributed by atoms with Crippen LogP contribution in [0.25, 0.3) is 11.0 Å². The molecule has 166 valence electrons. The molecule has 1 aliphatic rings. The molecule has 1 aromatic carbocycles. The van der Waals surface area contributed by atoms with Crippen LogP contribution in [0.3, 0.4) is 0 Å². The Bertz CT molecular complexity index is 1290. The third-order valence-corrected chi connectivity index (χ3v) is 6.69. The van der Waals surface area contributed by atoms with E-state index < -0.39 is 0 Å². The van der Waals surface area contributed by atoms with Gasteiger partial charge in [0.1, 0.15) is 11.6 Å². The van der Waals surface area contributed by atoms with Crippen molar-refractivity contribution in [2.75, 3.05) is 0 Å². The molecule has 7 nitrogen and oxygen atoms in total. The van der Waals surface area contributed by atoms with Gasteiger partial charge < -0.3 is 14.9 Å². The Morgan fingerprint density at radius 1 is 1.28 bits per heavy atom. The summed E-state index contributed by atoms with van der Waals surface area (Å²) in [6, 6.07) is 6.30. The summed E-state index contributed by atoms with van der Waals surface area (Å²) < 4.78 is 2.14. The number of imidazole rings is 1. The van der Waals surface area contributed by atoms with E-state index in [1.807, 2.05) is 19.3 Å². The Labute approximate surface area is 187 Å². The standard InChI is InChI=1S/C25H29N5O2/c1-14-9-21-23(10-15(14)2)30(13-27-21)12-22(18-5-6-18)29-24(31)8-7-19-16(3)20(11-26)25(32)28-17(19)4/h9-10,13,18,22H,5-8,12H2,1-4H3,(H,28,32)(H,29,31)/t22-/m0/s1. The smallest absolute Gasteiger partial charge is 0.266 e. The first-order valence-corrected chi connectivity index (χ1v) is 11.1. The average Bonchev–Trinajstić information content (AvgIpc) is 3.52. The number of aromatic amines is 1. The molecule has 1 atom stereocenters. The summed E-state index contributed by atoms with van der Waals surface area (Å²) in [5.74, 6) is 0.478. The number of carbonyl (C=O) groups is 1. The number of benzene rings is 1. The number of aryl methyl sites for hydroxylation is 3. The van der Waals surface area contributed by atoms with Gasteiger partial charge in [0.15, 0.2) is 0 Å². The maximum atomic E-state index is 12.8. The van der Waals surface area contributed by atoms with E-state index in [-0.39, 0.29) is 23.1 Å². The predicted molar refractivity (Wildman–Crippen MR) is 123 cm³/mol. The summed E-state index contributed by atoms with van der Waals surface area (Å²) in [6.45, 7) is 8.47. The van der Waals surface area contributed by atoms with Crippen molar-refractivity contribution in [3.63, 3.8) is 0 Å². The zero-order chi connectivity index (χ0) is 23.0. The highest BCUT2D eigenvalue weighted by molar-refractivity contribution is 5.78. The summed E-state index contributed by atoms with van der Waals surface area (Å²) in [4.78, 5) is 32.0.